The molecule has 0 saturated heterocycles. The molecule has 0 spiro atoms. The van der Waals surface area contributed by atoms with Gasteiger partial charge in [-0.3, -0.25) is 4.79 Å². The molecule has 1 amide bonds. The third-order valence-electron chi connectivity index (χ3n) is 2.70. The van der Waals surface area contributed by atoms with Gasteiger partial charge in [-0.05, 0) is 48.0 Å². The van der Waals surface area contributed by atoms with E-state index in [1.165, 1.54) is 12.3 Å². The van der Waals surface area contributed by atoms with Crippen LogP contribution in [0.2, 0.25) is 5.02 Å². The van der Waals surface area contributed by atoms with Crippen molar-refractivity contribution in [3.8, 4) is 5.75 Å². The Hall–Kier alpha value is -2.86. The molecule has 6 nitrogen and oxygen atoms in total. The highest BCUT2D eigenvalue weighted by molar-refractivity contribution is 6.30. The molecule has 0 aliphatic carbocycles. The second-order valence-corrected chi connectivity index (χ2v) is 4.88. The number of aliphatic carboxylic acids is 1. The molecule has 0 atom stereocenters. The number of hydrogen-bond donors (Lipinski definition) is 1. The second-order valence-electron chi connectivity index (χ2n) is 4.44. The van der Waals surface area contributed by atoms with Gasteiger partial charge in [-0.15, -0.1) is 0 Å². The summed E-state index contributed by atoms with van der Waals surface area (Å²) in [5.74, 6) is -1.27. The van der Waals surface area contributed by atoms with Crippen LogP contribution in [0.25, 0.3) is 0 Å². The fourth-order valence-electron chi connectivity index (χ4n) is 1.65. The summed E-state index contributed by atoms with van der Waals surface area (Å²) in [7, 11) is 0. The normalized spacial score (nSPS) is 10.5. The van der Waals surface area contributed by atoms with Gasteiger partial charge in [0.1, 0.15) is 12.4 Å². The van der Waals surface area contributed by atoms with Crippen LogP contribution in [-0.2, 0) is 4.79 Å². The topological polar surface area (TPSA) is 90.8 Å². The molecule has 0 radical (unpaired) electrons. The van der Waals surface area contributed by atoms with Gasteiger partial charge in [0, 0.05) is 10.6 Å². The number of benzene rings is 2. The number of carbonyl (C=O) groups is 2. The van der Waals surface area contributed by atoms with Crippen molar-refractivity contribution in [2.45, 2.75) is 0 Å². The van der Waals surface area contributed by atoms with Gasteiger partial charge in [0.25, 0.3) is 5.91 Å². The number of nitrogens with one attached hydrogen (secondary N) is 1. The van der Waals surface area contributed by atoms with Gasteiger partial charge in [0.05, 0.1) is 12.2 Å². The van der Waals surface area contributed by atoms with Crippen molar-refractivity contribution in [2.75, 3.05) is 6.61 Å². The molecule has 0 aromatic heterocycles. The van der Waals surface area contributed by atoms with E-state index in [1.807, 2.05) is 0 Å². The zero-order chi connectivity index (χ0) is 16.7. The number of halogens is 1. The molecular formula is C16H12ClN2O4-. The third-order valence-corrected chi connectivity index (χ3v) is 2.94. The minimum atomic E-state index is -1.29. The fourth-order valence-corrected chi connectivity index (χ4v) is 1.84. The second kappa shape index (κ2) is 7.95. The van der Waals surface area contributed by atoms with Crippen LogP contribution < -0.4 is 15.3 Å². The standard InChI is InChI=1S/C16H13ClN2O4/c17-13-3-1-2-12(8-13)16(22)19-18-9-11-4-6-14(7-5-11)23-10-15(20)21/h1-9H,10H2,(H,19,22)(H,20,21)/p-1. The molecule has 0 saturated carbocycles. The summed E-state index contributed by atoms with van der Waals surface area (Å²) >= 11 is 5.81. The van der Waals surface area contributed by atoms with E-state index >= 15 is 0 Å². The van der Waals surface area contributed by atoms with Crippen LogP contribution in [-0.4, -0.2) is 24.7 Å². The van der Waals surface area contributed by atoms with Crippen molar-refractivity contribution in [1.29, 1.82) is 0 Å². The number of hydrogen-bond acceptors (Lipinski definition) is 5. The average Bonchev–Trinajstić information content (AvgIpc) is 2.54. The zero-order valence-corrected chi connectivity index (χ0v) is 12.6. The van der Waals surface area contributed by atoms with E-state index in [2.05, 4.69) is 10.5 Å². The first kappa shape index (κ1) is 16.5. The Labute approximate surface area is 137 Å². The predicted octanol–water partition coefficient (Wildman–Crippen LogP) is 1.23. The quantitative estimate of drug-likeness (QED) is 0.636. The minimum Gasteiger partial charge on any atom is -0.546 e. The van der Waals surface area contributed by atoms with Crippen LogP contribution in [0.1, 0.15) is 15.9 Å². The lowest BCUT2D eigenvalue weighted by molar-refractivity contribution is -0.307. The van der Waals surface area contributed by atoms with E-state index in [9.17, 15) is 14.7 Å². The molecule has 118 valence electrons. The maximum atomic E-state index is 11.8. The SMILES string of the molecule is O=C([O-])COc1ccc(C=NNC(=O)c2cccc(Cl)c2)cc1. The number of rotatable bonds is 6. The van der Waals surface area contributed by atoms with Gasteiger partial charge in [0.2, 0.25) is 0 Å². The molecule has 2 aromatic carbocycles. The number of hydrazone groups is 1. The molecular weight excluding hydrogens is 320 g/mol. The van der Waals surface area contributed by atoms with E-state index in [0.717, 1.165) is 0 Å². The van der Waals surface area contributed by atoms with Gasteiger partial charge in [0.15, 0.2) is 0 Å². The first-order chi connectivity index (χ1) is 11.0. The number of carbonyl (C=O) groups excluding carboxylic acids is 2. The number of amides is 1. The van der Waals surface area contributed by atoms with Crippen molar-refractivity contribution in [3.05, 3.63) is 64.7 Å². The summed E-state index contributed by atoms with van der Waals surface area (Å²) in [5.41, 5.74) is 3.49. The molecule has 0 aliphatic heterocycles. The summed E-state index contributed by atoms with van der Waals surface area (Å²) in [5, 5.41) is 14.6. The van der Waals surface area contributed by atoms with Crippen LogP contribution in [0.4, 0.5) is 0 Å². The molecule has 0 heterocycles. The number of ether oxygens (including phenoxy) is 1. The molecule has 0 fully saturated rings. The molecule has 2 rings (SSSR count). The highest BCUT2D eigenvalue weighted by Gasteiger charge is 2.03. The van der Waals surface area contributed by atoms with Crippen LogP contribution in [0.5, 0.6) is 5.75 Å². The lowest BCUT2D eigenvalue weighted by Crippen LogP contribution is -2.28. The predicted molar refractivity (Wildman–Crippen MR) is 83.5 cm³/mol. The summed E-state index contributed by atoms with van der Waals surface area (Å²) in [6.07, 6.45) is 1.45. The van der Waals surface area contributed by atoms with Crippen LogP contribution in [0.3, 0.4) is 0 Å². The lowest BCUT2D eigenvalue weighted by Gasteiger charge is -2.06. The third kappa shape index (κ3) is 5.44. The van der Waals surface area contributed by atoms with Crippen molar-refractivity contribution < 1.29 is 19.4 Å². The maximum Gasteiger partial charge on any atom is 0.271 e. The van der Waals surface area contributed by atoms with Gasteiger partial charge in [-0.1, -0.05) is 17.7 Å². The number of nitrogens with zero attached hydrogens (tertiary/aromatic N) is 1. The Bertz CT molecular complexity index is 729. The molecule has 0 aliphatic rings. The van der Waals surface area contributed by atoms with Crippen molar-refractivity contribution in [1.82, 2.24) is 5.43 Å². The highest BCUT2D eigenvalue weighted by Crippen LogP contribution is 2.11. The number of carboxylic acid groups (broad SMARTS) is 1. The largest absolute Gasteiger partial charge is 0.546 e. The van der Waals surface area contributed by atoms with Crippen LogP contribution >= 0.6 is 11.6 Å². The Morgan fingerprint density at radius 3 is 2.61 bits per heavy atom. The zero-order valence-electron chi connectivity index (χ0n) is 11.9. The fraction of sp³-hybridized carbons (Fsp3) is 0.0625. The summed E-state index contributed by atoms with van der Waals surface area (Å²) < 4.78 is 4.95. The summed E-state index contributed by atoms with van der Waals surface area (Å²) in [4.78, 5) is 22.1. The van der Waals surface area contributed by atoms with Gasteiger partial charge in [-0.25, -0.2) is 5.43 Å². The van der Waals surface area contributed by atoms with E-state index in [4.69, 9.17) is 16.3 Å². The maximum absolute atomic E-state index is 11.8. The first-order valence-electron chi connectivity index (χ1n) is 6.56. The molecule has 0 bridgehead atoms. The Kier molecular flexibility index (Phi) is 5.71. The monoisotopic (exact) mass is 331 g/mol. The van der Waals surface area contributed by atoms with Crippen molar-refractivity contribution in [3.63, 3.8) is 0 Å². The van der Waals surface area contributed by atoms with Crippen molar-refractivity contribution >= 4 is 29.7 Å². The lowest BCUT2D eigenvalue weighted by atomic mass is 10.2. The van der Waals surface area contributed by atoms with Gasteiger partial charge >= 0.3 is 0 Å². The van der Waals surface area contributed by atoms with Gasteiger partial charge < -0.3 is 14.6 Å². The van der Waals surface area contributed by atoms with Crippen LogP contribution in [0.15, 0.2) is 53.6 Å². The average molecular weight is 332 g/mol. The van der Waals surface area contributed by atoms with E-state index in [0.29, 0.717) is 21.9 Å². The van der Waals surface area contributed by atoms with Crippen LogP contribution in [0, 0.1) is 0 Å². The summed E-state index contributed by atoms with van der Waals surface area (Å²) in [6.45, 7) is -0.511. The van der Waals surface area contributed by atoms with E-state index in [-0.39, 0.29) is 5.91 Å². The minimum absolute atomic E-state index is 0.377. The smallest absolute Gasteiger partial charge is 0.271 e. The number of carboxylic acids is 1. The molecule has 23 heavy (non-hydrogen) atoms. The molecule has 0 unspecified atom stereocenters. The van der Waals surface area contributed by atoms with E-state index in [1.54, 1.807) is 42.5 Å². The highest BCUT2D eigenvalue weighted by atomic mass is 35.5. The van der Waals surface area contributed by atoms with Crippen molar-refractivity contribution in [2.24, 2.45) is 5.10 Å². The molecule has 2 aromatic rings. The van der Waals surface area contributed by atoms with E-state index < -0.39 is 12.6 Å². The summed E-state index contributed by atoms with van der Waals surface area (Å²) in [6, 6.07) is 13.0. The molecule has 1 N–H and O–H groups in total. The Morgan fingerprint density at radius 2 is 1.96 bits per heavy atom. The Morgan fingerprint density at radius 1 is 1.22 bits per heavy atom. The van der Waals surface area contributed by atoms with Gasteiger partial charge in [-0.2, -0.15) is 5.10 Å². The first-order valence-corrected chi connectivity index (χ1v) is 6.94. The molecule has 7 heteroatoms. The Balaban J connectivity index is 1.90.